The predicted molar refractivity (Wildman–Crippen MR) is 125 cm³/mol. The van der Waals surface area contributed by atoms with Crippen molar-refractivity contribution in [1.82, 2.24) is 0 Å². The second-order valence-corrected chi connectivity index (χ2v) is 14.3. The Morgan fingerprint density at radius 1 is 0.719 bits per heavy atom. The summed E-state index contributed by atoms with van der Waals surface area (Å²) in [6.07, 6.45) is 17.0. The molecule has 0 aromatic carbocycles. The number of fused-ring (bicyclic) bond motifs is 1. The van der Waals surface area contributed by atoms with E-state index in [1.807, 2.05) is 0 Å². The first kappa shape index (κ1) is 19.6. The highest BCUT2D eigenvalue weighted by molar-refractivity contribution is 7.10. The standard InChI is InChI=1S/C28H38O3S/c29-28(25-24-23(16-32-25)30-2-1-3-31-24,26-10-17-4-18(11-26)6-19(5-17)12-26)27-13-20-7-21(14-27)9-22(8-20)15-27/h16-22,29H,1-15H2. The van der Waals surface area contributed by atoms with Gasteiger partial charge in [-0.15, -0.1) is 11.3 Å². The largest absolute Gasteiger partial charge is 0.489 e. The van der Waals surface area contributed by atoms with Gasteiger partial charge in [0.05, 0.1) is 18.1 Å². The Morgan fingerprint density at radius 3 is 1.62 bits per heavy atom. The molecule has 4 heteroatoms. The van der Waals surface area contributed by atoms with E-state index < -0.39 is 5.60 Å². The summed E-state index contributed by atoms with van der Waals surface area (Å²) in [7, 11) is 0. The van der Waals surface area contributed by atoms with Crippen LogP contribution in [0, 0.1) is 46.3 Å². The van der Waals surface area contributed by atoms with Crippen LogP contribution in [0.25, 0.3) is 0 Å². The van der Waals surface area contributed by atoms with Crippen LogP contribution in [0.2, 0.25) is 0 Å². The fraction of sp³-hybridized carbons (Fsp3) is 0.857. The van der Waals surface area contributed by atoms with Crippen LogP contribution in [-0.2, 0) is 5.60 Å². The summed E-state index contributed by atoms with van der Waals surface area (Å²) < 4.78 is 12.6. The zero-order chi connectivity index (χ0) is 21.1. The molecule has 2 heterocycles. The molecule has 0 amide bonds. The Labute approximate surface area is 196 Å². The van der Waals surface area contributed by atoms with Gasteiger partial charge in [-0.2, -0.15) is 0 Å². The van der Waals surface area contributed by atoms with E-state index in [-0.39, 0.29) is 10.8 Å². The molecule has 174 valence electrons. The molecule has 9 aliphatic rings. The van der Waals surface area contributed by atoms with Crippen LogP contribution >= 0.6 is 11.3 Å². The van der Waals surface area contributed by atoms with Gasteiger partial charge in [-0.05, 0) is 113 Å². The smallest absolute Gasteiger partial charge is 0.178 e. The van der Waals surface area contributed by atoms with Crippen molar-refractivity contribution >= 4 is 11.3 Å². The molecule has 3 nitrogen and oxygen atoms in total. The van der Waals surface area contributed by atoms with Gasteiger partial charge in [0.25, 0.3) is 0 Å². The topological polar surface area (TPSA) is 38.7 Å². The van der Waals surface area contributed by atoms with Gasteiger partial charge in [0.1, 0.15) is 5.60 Å². The van der Waals surface area contributed by atoms with E-state index in [1.54, 1.807) is 11.3 Å². The maximum absolute atomic E-state index is 13.6. The molecule has 1 aromatic heterocycles. The van der Waals surface area contributed by atoms with Gasteiger partial charge >= 0.3 is 0 Å². The van der Waals surface area contributed by atoms with Crippen LogP contribution < -0.4 is 9.47 Å². The second kappa shape index (κ2) is 6.47. The fourth-order valence-corrected chi connectivity index (χ4v) is 12.7. The normalized spacial score (nSPS) is 49.8. The third-order valence-electron chi connectivity index (χ3n) is 11.4. The summed E-state index contributed by atoms with van der Waals surface area (Å²) in [6.45, 7) is 1.45. The predicted octanol–water partition coefficient (Wildman–Crippen LogP) is 6.53. The van der Waals surface area contributed by atoms with E-state index in [4.69, 9.17) is 9.47 Å². The minimum atomic E-state index is -0.738. The highest BCUT2D eigenvalue weighted by Crippen LogP contribution is 2.76. The number of ether oxygens (including phenoxy) is 2. The fourth-order valence-electron chi connectivity index (χ4n) is 11.4. The molecule has 8 bridgehead atoms. The molecule has 8 aliphatic carbocycles. The summed E-state index contributed by atoms with van der Waals surface area (Å²) in [4.78, 5) is 1.18. The first-order valence-electron chi connectivity index (χ1n) is 13.7. The number of hydrogen-bond acceptors (Lipinski definition) is 4. The molecule has 1 aromatic rings. The zero-order valence-electron chi connectivity index (χ0n) is 19.3. The van der Waals surface area contributed by atoms with Gasteiger partial charge < -0.3 is 14.6 Å². The highest BCUT2D eigenvalue weighted by Gasteiger charge is 2.71. The van der Waals surface area contributed by atoms with E-state index in [1.165, 1.54) is 81.9 Å². The minimum Gasteiger partial charge on any atom is -0.489 e. The van der Waals surface area contributed by atoms with Crippen LogP contribution in [-0.4, -0.2) is 18.3 Å². The summed E-state index contributed by atoms with van der Waals surface area (Å²) in [5.41, 5.74) is -0.624. The zero-order valence-corrected chi connectivity index (χ0v) is 20.1. The molecule has 8 saturated carbocycles. The van der Waals surface area contributed by atoms with Crippen molar-refractivity contribution in [3.8, 4) is 11.5 Å². The molecule has 0 atom stereocenters. The monoisotopic (exact) mass is 454 g/mol. The first-order valence-corrected chi connectivity index (χ1v) is 14.5. The lowest BCUT2D eigenvalue weighted by Crippen LogP contribution is -2.66. The van der Waals surface area contributed by atoms with Crippen LogP contribution in [0.15, 0.2) is 5.38 Å². The molecule has 0 spiro atoms. The third-order valence-corrected chi connectivity index (χ3v) is 12.5. The van der Waals surface area contributed by atoms with Crippen molar-refractivity contribution in [3.05, 3.63) is 10.3 Å². The van der Waals surface area contributed by atoms with Crippen LogP contribution in [0.5, 0.6) is 11.5 Å². The third kappa shape index (κ3) is 2.42. The Hall–Kier alpha value is -0.740. The van der Waals surface area contributed by atoms with Gasteiger partial charge in [0.15, 0.2) is 11.5 Å². The number of rotatable bonds is 3. The Kier molecular flexibility index (Phi) is 3.96. The van der Waals surface area contributed by atoms with E-state index in [0.29, 0.717) is 6.61 Å². The van der Waals surface area contributed by atoms with Gasteiger partial charge in [0, 0.05) is 22.6 Å². The quantitative estimate of drug-likeness (QED) is 0.564. The van der Waals surface area contributed by atoms with Crippen molar-refractivity contribution in [2.24, 2.45) is 46.3 Å². The maximum Gasteiger partial charge on any atom is 0.178 e. The molecule has 1 aliphatic heterocycles. The van der Waals surface area contributed by atoms with Gasteiger partial charge in [-0.3, -0.25) is 0 Å². The molecule has 1 N–H and O–H groups in total. The number of thiophene rings is 1. The lowest BCUT2D eigenvalue weighted by atomic mass is 9.36. The average Bonchev–Trinajstić information content (AvgIpc) is 2.99. The van der Waals surface area contributed by atoms with Gasteiger partial charge in [-0.25, -0.2) is 0 Å². The molecule has 10 rings (SSSR count). The summed E-state index contributed by atoms with van der Waals surface area (Å²) in [5.74, 6) is 6.91. The van der Waals surface area contributed by atoms with E-state index in [9.17, 15) is 5.11 Å². The molecule has 32 heavy (non-hydrogen) atoms. The molecule has 8 fully saturated rings. The van der Waals surface area contributed by atoms with Crippen LogP contribution in [0.4, 0.5) is 0 Å². The van der Waals surface area contributed by atoms with Crippen molar-refractivity contribution < 1.29 is 14.6 Å². The van der Waals surface area contributed by atoms with E-state index >= 15 is 0 Å². The maximum atomic E-state index is 13.6. The summed E-state index contributed by atoms with van der Waals surface area (Å²) in [5, 5.41) is 15.8. The van der Waals surface area contributed by atoms with Crippen molar-refractivity contribution in [2.45, 2.75) is 89.1 Å². The van der Waals surface area contributed by atoms with E-state index in [2.05, 4.69) is 5.38 Å². The minimum absolute atomic E-state index is 0.0572. The molecular weight excluding hydrogens is 416 g/mol. The van der Waals surface area contributed by atoms with Gasteiger partial charge in [-0.1, -0.05) is 0 Å². The highest BCUT2D eigenvalue weighted by atomic mass is 32.1. The second-order valence-electron chi connectivity index (χ2n) is 13.4. The SMILES string of the molecule is OC(c1scc2c1OCCCO2)(C12CC3CC(CC(C3)C1)C2)C12CC3CC(CC(C3)C1)C2. The Bertz CT molecular complexity index is 817. The first-order chi connectivity index (χ1) is 15.6. The van der Waals surface area contributed by atoms with Gasteiger partial charge in [0.2, 0.25) is 0 Å². The molecular formula is C28H38O3S. The van der Waals surface area contributed by atoms with Crippen molar-refractivity contribution in [3.63, 3.8) is 0 Å². The van der Waals surface area contributed by atoms with Crippen LogP contribution in [0.3, 0.4) is 0 Å². The van der Waals surface area contributed by atoms with Crippen LogP contribution in [0.1, 0.15) is 88.3 Å². The number of aliphatic hydroxyl groups is 1. The lowest BCUT2D eigenvalue weighted by Gasteiger charge is -2.70. The molecule has 0 unspecified atom stereocenters. The average molecular weight is 455 g/mol. The summed E-state index contributed by atoms with van der Waals surface area (Å²) in [6, 6.07) is 0. The van der Waals surface area contributed by atoms with Crippen molar-refractivity contribution in [1.29, 1.82) is 0 Å². The molecule has 0 radical (unpaired) electrons. The lowest BCUT2D eigenvalue weighted by molar-refractivity contribution is -0.276. The van der Waals surface area contributed by atoms with E-state index in [0.717, 1.165) is 60.0 Å². The van der Waals surface area contributed by atoms with Crippen molar-refractivity contribution in [2.75, 3.05) is 13.2 Å². The Morgan fingerprint density at radius 2 is 1.16 bits per heavy atom. The summed E-state index contributed by atoms with van der Waals surface area (Å²) >= 11 is 1.78. The Balaban J connectivity index is 1.34. The number of hydrogen-bond donors (Lipinski definition) is 1. The molecule has 0 saturated heterocycles.